The lowest BCUT2D eigenvalue weighted by atomic mass is 10.3. The molecule has 0 saturated heterocycles. The molecule has 7 nitrogen and oxygen atoms in total. The fourth-order valence-electron chi connectivity index (χ4n) is 1.98. The zero-order chi connectivity index (χ0) is 15.5. The SMILES string of the molecule is COC(=O)CNC(=O)c1cnn2c(-c3cccs3)ccnc12. The van der Waals surface area contributed by atoms with Gasteiger partial charge in [-0.15, -0.1) is 11.3 Å². The number of carbonyl (C=O) groups excluding carboxylic acids is 2. The van der Waals surface area contributed by atoms with Crippen molar-refractivity contribution in [2.45, 2.75) is 0 Å². The van der Waals surface area contributed by atoms with Crippen molar-refractivity contribution in [2.24, 2.45) is 0 Å². The van der Waals surface area contributed by atoms with Crippen LogP contribution in [0.3, 0.4) is 0 Å². The molecule has 112 valence electrons. The van der Waals surface area contributed by atoms with Gasteiger partial charge in [-0.1, -0.05) is 6.07 Å². The van der Waals surface area contributed by atoms with Gasteiger partial charge in [-0.05, 0) is 17.5 Å². The maximum Gasteiger partial charge on any atom is 0.325 e. The molecule has 0 radical (unpaired) electrons. The number of carbonyl (C=O) groups is 2. The van der Waals surface area contributed by atoms with E-state index in [1.54, 1.807) is 22.0 Å². The molecule has 0 atom stereocenters. The van der Waals surface area contributed by atoms with Crippen molar-refractivity contribution in [3.63, 3.8) is 0 Å². The molecule has 0 aromatic carbocycles. The van der Waals surface area contributed by atoms with Crippen molar-refractivity contribution >= 4 is 28.9 Å². The molecule has 22 heavy (non-hydrogen) atoms. The van der Waals surface area contributed by atoms with Crippen LogP contribution in [0.1, 0.15) is 10.4 Å². The fourth-order valence-corrected chi connectivity index (χ4v) is 2.72. The molecule has 0 aliphatic carbocycles. The van der Waals surface area contributed by atoms with E-state index in [9.17, 15) is 9.59 Å². The molecule has 8 heteroatoms. The summed E-state index contributed by atoms with van der Waals surface area (Å²) in [5.74, 6) is -0.937. The number of rotatable bonds is 4. The van der Waals surface area contributed by atoms with Crippen molar-refractivity contribution in [3.05, 3.63) is 41.5 Å². The Bertz CT molecular complexity index is 826. The highest BCUT2D eigenvalue weighted by molar-refractivity contribution is 7.13. The summed E-state index contributed by atoms with van der Waals surface area (Å²) in [4.78, 5) is 28.4. The van der Waals surface area contributed by atoms with E-state index in [4.69, 9.17) is 0 Å². The van der Waals surface area contributed by atoms with Gasteiger partial charge in [0.1, 0.15) is 12.1 Å². The molecule has 1 amide bonds. The number of hydrogen-bond acceptors (Lipinski definition) is 6. The van der Waals surface area contributed by atoms with E-state index in [-0.39, 0.29) is 6.54 Å². The van der Waals surface area contributed by atoms with Crippen LogP contribution in [-0.4, -0.2) is 40.1 Å². The Hall–Kier alpha value is -2.74. The molecule has 0 spiro atoms. The van der Waals surface area contributed by atoms with Crippen LogP contribution in [0, 0.1) is 0 Å². The molecular weight excluding hydrogens is 304 g/mol. The fraction of sp³-hybridized carbons (Fsp3) is 0.143. The van der Waals surface area contributed by atoms with E-state index < -0.39 is 11.9 Å². The molecule has 3 rings (SSSR count). The summed E-state index contributed by atoms with van der Waals surface area (Å²) < 4.78 is 6.09. The topological polar surface area (TPSA) is 85.6 Å². The number of hydrogen-bond donors (Lipinski definition) is 1. The third-order valence-electron chi connectivity index (χ3n) is 3.04. The van der Waals surface area contributed by atoms with Crippen LogP contribution in [0.25, 0.3) is 16.2 Å². The number of methoxy groups -OCH3 is 1. The maximum absolute atomic E-state index is 12.1. The highest BCUT2D eigenvalue weighted by Gasteiger charge is 2.17. The Labute approximate surface area is 129 Å². The highest BCUT2D eigenvalue weighted by Crippen LogP contribution is 2.25. The standard InChI is InChI=1S/C14H12N4O3S/c1-21-12(19)8-16-14(20)9-7-17-18-10(4-5-15-13(9)18)11-3-2-6-22-11/h2-7H,8H2,1H3,(H,16,20). The third-order valence-corrected chi connectivity index (χ3v) is 3.93. The Morgan fingerprint density at radius 3 is 3.00 bits per heavy atom. The average Bonchev–Trinajstić information content (AvgIpc) is 3.20. The second kappa shape index (κ2) is 5.94. The summed E-state index contributed by atoms with van der Waals surface area (Å²) in [5, 5.41) is 8.67. The number of nitrogens with zero attached hydrogens (tertiary/aromatic N) is 3. The molecule has 0 saturated carbocycles. The monoisotopic (exact) mass is 316 g/mol. The van der Waals surface area contributed by atoms with E-state index in [1.807, 2.05) is 23.6 Å². The first-order chi connectivity index (χ1) is 10.7. The van der Waals surface area contributed by atoms with Crippen LogP contribution in [-0.2, 0) is 9.53 Å². The maximum atomic E-state index is 12.1. The van der Waals surface area contributed by atoms with Crippen LogP contribution in [0.5, 0.6) is 0 Å². The third kappa shape index (κ3) is 2.56. The lowest BCUT2D eigenvalue weighted by Crippen LogP contribution is -2.30. The predicted molar refractivity (Wildman–Crippen MR) is 80.6 cm³/mol. The zero-order valence-corrected chi connectivity index (χ0v) is 12.5. The van der Waals surface area contributed by atoms with Crippen LogP contribution in [0.2, 0.25) is 0 Å². The van der Waals surface area contributed by atoms with Crippen molar-refractivity contribution in [1.82, 2.24) is 19.9 Å². The van der Waals surface area contributed by atoms with Crippen molar-refractivity contribution in [2.75, 3.05) is 13.7 Å². The van der Waals surface area contributed by atoms with Crippen LogP contribution in [0.4, 0.5) is 0 Å². The van der Waals surface area contributed by atoms with Gasteiger partial charge in [0.2, 0.25) is 0 Å². The summed E-state index contributed by atoms with van der Waals surface area (Å²) in [6.45, 7) is -0.197. The van der Waals surface area contributed by atoms with Crippen molar-refractivity contribution in [3.8, 4) is 10.6 Å². The number of fused-ring (bicyclic) bond motifs is 1. The summed E-state index contributed by atoms with van der Waals surface area (Å²) in [7, 11) is 1.26. The van der Waals surface area contributed by atoms with E-state index in [2.05, 4.69) is 20.1 Å². The van der Waals surface area contributed by atoms with Gasteiger partial charge < -0.3 is 10.1 Å². The van der Waals surface area contributed by atoms with E-state index in [0.717, 1.165) is 10.6 Å². The van der Waals surface area contributed by atoms with E-state index in [0.29, 0.717) is 11.2 Å². The minimum atomic E-state index is -0.517. The van der Waals surface area contributed by atoms with Crippen molar-refractivity contribution < 1.29 is 14.3 Å². The summed E-state index contributed by atoms with van der Waals surface area (Å²) >= 11 is 1.58. The lowest BCUT2D eigenvalue weighted by molar-refractivity contribution is -0.139. The molecule has 3 aromatic rings. The quantitative estimate of drug-likeness (QED) is 0.735. The van der Waals surface area contributed by atoms with Gasteiger partial charge in [0.25, 0.3) is 5.91 Å². The molecule has 3 aromatic heterocycles. The number of aromatic nitrogens is 3. The second-order valence-corrected chi connectivity index (χ2v) is 5.31. The largest absolute Gasteiger partial charge is 0.468 e. The molecule has 1 N–H and O–H groups in total. The summed E-state index contributed by atoms with van der Waals surface area (Å²) in [5.41, 5.74) is 1.60. The Balaban J connectivity index is 1.94. The smallest absolute Gasteiger partial charge is 0.325 e. The van der Waals surface area contributed by atoms with E-state index in [1.165, 1.54) is 13.3 Å². The predicted octanol–water partition coefficient (Wildman–Crippen LogP) is 1.36. The molecule has 0 fully saturated rings. The van der Waals surface area contributed by atoms with Gasteiger partial charge in [0.15, 0.2) is 5.65 Å². The van der Waals surface area contributed by atoms with Gasteiger partial charge in [0, 0.05) is 6.20 Å². The lowest BCUT2D eigenvalue weighted by Gasteiger charge is -2.03. The number of ether oxygens (including phenoxy) is 1. The summed E-state index contributed by atoms with van der Waals surface area (Å²) in [6.07, 6.45) is 3.06. The number of thiophene rings is 1. The van der Waals surface area contributed by atoms with Gasteiger partial charge >= 0.3 is 5.97 Å². The summed E-state index contributed by atoms with van der Waals surface area (Å²) in [6, 6.07) is 5.75. The molecule has 0 aliphatic heterocycles. The average molecular weight is 316 g/mol. The molecule has 0 aliphatic rings. The number of amides is 1. The van der Waals surface area contributed by atoms with Crippen LogP contribution >= 0.6 is 11.3 Å². The van der Waals surface area contributed by atoms with Gasteiger partial charge in [-0.2, -0.15) is 5.10 Å². The highest BCUT2D eigenvalue weighted by atomic mass is 32.1. The molecule has 0 unspecified atom stereocenters. The molecule has 0 bridgehead atoms. The number of esters is 1. The Kier molecular flexibility index (Phi) is 3.84. The van der Waals surface area contributed by atoms with Crippen LogP contribution < -0.4 is 5.32 Å². The Morgan fingerprint density at radius 1 is 1.41 bits per heavy atom. The first-order valence-electron chi connectivity index (χ1n) is 6.42. The van der Waals surface area contributed by atoms with Gasteiger partial charge in [-0.3, -0.25) is 9.59 Å². The Morgan fingerprint density at radius 2 is 2.27 bits per heavy atom. The second-order valence-electron chi connectivity index (χ2n) is 4.36. The van der Waals surface area contributed by atoms with Crippen LogP contribution in [0.15, 0.2) is 36.0 Å². The van der Waals surface area contributed by atoms with E-state index >= 15 is 0 Å². The normalized spacial score (nSPS) is 10.6. The van der Waals surface area contributed by atoms with Crippen molar-refractivity contribution in [1.29, 1.82) is 0 Å². The minimum absolute atomic E-state index is 0.197. The zero-order valence-electron chi connectivity index (χ0n) is 11.6. The van der Waals surface area contributed by atoms with Gasteiger partial charge in [-0.25, -0.2) is 9.50 Å². The number of nitrogens with one attached hydrogen (secondary N) is 1. The first kappa shape index (κ1) is 14.2. The molecule has 3 heterocycles. The molecular formula is C14H12N4O3S. The van der Waals surface area contributed by atoms with Gasteiger partial charge in [0.05, 0.1) is 23.9 Å². The minimum Gasteiger partial charge on any atom is -0.468 e. The first-order valence-corrected chi connectivity index (χ1v) is 7.30.